The quantitative estimate of drug-likeness (QED) is 0.411. The van der Waals surface area contributed by atoms with Crippen LogP contribution in [-0.4, -0.2) is 45.7 Å². The SMILES string of the molecule is CN(C(=O)C(N)Cc1c[nH]c2ccccc12)[C@H]1CCC(=O)N(Cc2ccccc2)[C@H]1c1ccccc1. The third-order valence-corrected chi connectivity index (χ3v) is 7.29. The Balaban J connectivity index is 1.41. The van der Waals surface area contributed by atoms with Crippen molar-refractivity contribution in [2.75, 3.05) is 7.05 Å². The maximum atomic E-state index is 13.6. The Kier molecular flexibility index (Phi) is 6.87. The predicted octanol–water partition coefficient (Wildman–Crippen LogP) is 4.43. The molecule has 0 saturated carbocycles. The molecule has 1 aliphatic heterocycles. The van der Waals surface area contributed by atoms with E-state index in [0.717, 1.165) is 27.6 Å². The summed E-state index contributed by atoms with van der Waals surface area (Å²) in [7, 11) is 1.83. The van der Waals surface area contributed by atoms with Crippen LogP contribution in [0.2, 0.25) is 0 Å². The van der Waals surface area contributed by atoms with E-state index in [-0.39, 0.29) is 23.9 Å². The molecule has 3 N–H and O–H groups in total. The summed E-state index contributed by atoms with van der Waals surface area (Å²) in [5, 5.41) is 1.09. The molecule has 2 heterocycles. The van der Waals surface area contributed by atoms with Gasteiger partial charge in [0, 0.05) is 37.1 Å². The molecule has 0 radical (unpaired) electrons. The summed E-state index contributed by atoms with van der Waals surface area (Å²) in [6, 6.07) is 27.0. The van der Waals surface area contributed by atoms with Crippen molar-refractivity contribution in [3.63, 3.8) is 0 Å². The number of benzene rings is 3. The van der Waals surface area contributed by atoms with Gasteiger partial charge in [0.1, 0.15) is 0 Å². The van der Waals surface area contributed by atoms with E-state index < -0.39 is 6.04 Å². The van der Waals surface area contributed by atoms with Gasteiger partial charge in [-0.05, 0) is 35.6 Å². The van der Waals surface area contributed by atoms with Crippen molar-refractivity contribution in [2.45, 2.75) is 43.9 Å². The number of aromatic amines is 1. The molecule has 2 amide bonds. The van der Waals surface area contributed by atoms with Crippen LogP contribution in [0.3, 0.4) is 0 Å². The van der Waals surface area contributed by atoms with Crippen LogP contribution in [-0.2, 0) is 22.6 Å². The predicted molar refractivity (Wildman–Crippen MR) is 142 cm³/mol. The molecule has 1 saturated heterocycles. The molecule has 0 bridgehead atoms. The molecule has 3 atom stereocenters. The molecule has 5 rings (SSSR count). The van der Waals surface area contributed by atoms with Crippen LogP contribution < -0.4 is 5.73 Å². The van der Waals surface area contributed by atoms with E-state index in [1.165, 1.54) is 0 Å². The summed E-state index contributed by atoms with van der Waals surface area (Å²) in [6.45, 7) is 0.499. The highest BCUT2D eigenvalue weighted by atomic mass is 16.2. The van der Waals surface area contributed by atoms with E-state index >= 15 is 0 Å². The zero-order valence-corrected chi connectivity index (χ0v) is 20.5. The number of nitrogens with one attached hydrogen (secondary N) is 1. The van der Waals surface area contributed by atoms with Gasteiger partial charge in [-0.15, -0.1) is 0 Å². The number of nitrogens with two attached hydrogens (primary N) is 1. The normalized spacial score (nSPS) is 18.8. The lowest BCUT2D eigenvalue weighted by molar-refractivity contribution is -0.146. The number of amides is 2. The van der Waals surface area contributed by atoms with Crippen molar-refractivity contribution in [3.8, 4) is 0 Å². The van der Waals surface area contributed by atoms with Crippen LogP contribution in [0.25, 0.3) is 10.9 Å². The number of carbonyl (C=O) groups is 2. The average Bonchev–Trinajstić information content (AvgIpc) is 3.32. The first-order valence-electron chi connectivity index (χ1n) is 12.5. The summed E-state index contributed by atoms with van der Waals surface area (Å²) in [5.74, 6) is -0.00637. The number of likely N-dealkylation sites (tertiary alicyclic amines) is 1. The molecular weight excluding hydrogens is 448 g/mol. The lowest BCUT2D eigenvalue weighted by atomic mass is 9.88. The second-order valence-corrected chi connectivity index (χ2v) is 9.59. The zero-order valence-electron chi connectivity index (χ0n) is 20.5. The molecule has 6 nitrogen and oxygen atoms in total. The number of rotatable bonds is 7. The maximum absolute atomic E-state index is 13.6. The van der Waals surface area contributed by atoms with Gasteiger partial charge in [-0.1, -0.05) is 78.9 Å². The minimum Gasteiger partial charge on any atom is -0.361 e. The molecular formula is C30H32N4O2. The summed E-state index contributed by atoms with van der Waals surface area (Å²) in [6.07, 6.45) is 3.38. The Morgan fingerprint density at radius 2 is 1.69 bits per heavy atom. The monoisotopic (exact) mass is 480 g/mol. The van der Waals surface area contributed by atoms with E-state index in [9.17, 15) is 9.59 Å². The van der Waals surface area contributed by atoms with E-state index in [0.29, 0.717) is 25.8 Å². The van der Waals surface area contributed by atoms with Gasteiger partial charge in [0.15, 0.2) is 0 Å². The van der Waals surface area contributed by atoms with Crippen molar-refractivity contribution in [3.05, 3.63) is 108 Å². The smallest absolute Gasteiger partial charge is 0.239 e. The van der Waals surface area contributed by atoms with Crippen LogP contribution in [0.15, 0.2) is 91.1 Å². The molecule has 0 spiro atoms. The minimum absolute atomic E-state index is 0.105. The third-order valence-electron chi connectivity index (χ3n) is 7.29. The minimum atomic E-state index is -0.675. The topological polar surface area (TPSA) is 82.4 Å². The summed E-state index contributed by atoms with van der Waals surface area (Å²) < 4.78 is 0. The lowest BCUT2D eigenvalue weighted by Crippen LogP contribution is -2.55. The number of piperidine rings is 1. The highest BCUT2D eigenvalue weighted by Crippen LogP contribution is 2.36. The Morgan fingerprint density at radius 3 is 2.44 bits per heavy atom. The molecule has 36 heavy (non-hydrogen) atoms. The fourth-order valence-electron chi connectivity index (χ4n) is 5.41. The van der Waals surface area contributed by atoms with E-state index in [2.05, 4.69) is 4.98 Å². The molecule has 1 aromatic heterocycles. The average molecular weight is 481 g/mol. The number of fused-ring (bicyclic) bond motifs is 1. The van der Waals surface area contributed by atoms with E-state index in [1.54, 1.807) is 4.90 Å². The molecule has 3 aromatic carbocycles. The van der Waals surface area contributed by atoms with Crippen molar-refractivity contribution in [1.29, 1.82) is 0 Å². The van der Waals surface area contributed by atoms with Crippen LogP contribution in [0.4, 0.5) is 0 Å². The Morgan fingerprint density at radius 1 is 1.03 bits per heavy atom. The fourth-order valence-corrected chi connectivity index (χ4v) is 5.41. The summed E-state index contributed by atoms with van der Waals surface area (Å²) in [4.78, 5) is 33.8. The first-order valence-corrected chi connectivity index (χ1v) is 12.5. The van der Waals surface area contributed by atoms with Crippen LogP contribution in [0.5, 0.6) is 0 Å². The second kappa shape index (κ2) is 10.4. The number of H-pyrrole nitrogens is 1. The van der Waals surface area contributed by atoms with Gasteiger partial charge in [0.2, 0.25) is 11.8 Å². The molecule has 1 aliphatic rings. The van der Waals surface area contributed by atoms with Crippen molar-refractivity contribution in [1.82, 2.24) is 14.8 Å². The van der Waals surface area contributed by atoms with Gasteiger partial charge in [-0.3, -0.25) is 9.59 Å². The van der Waals surface area contributed by atoms with Crippen LogP contribution >= 0.6 is 0 Å². The van der Waals surface area contributed by atoms with Gasteiger partial charge >= 0.3 is 0 Å². The van der Waals surface area contributed by atoms with Gasteiger partial charge in [0.25, 0.3) is 0 Å². The van der Waals surface area contributed by atoms with Crippen molar-refractivity contribution in [2.24, 2.45) is 5.73 Å². The summed E-state index contributed by atoms with van der Waals surface area (Å²) >= 11 is 0. The Hall–Kier alpha value is -3.90. The van der Waals surface area contributed by atoms with Crippen LogP contribution in [0, 0.1) is 0 Å². The number of likely N-dealkylation sites (N-methyl/N-ethyl adjacent to an activating group) is 1. The molecule has 1 fully saturated rings. The number of carbonyl (C=O) groups excluding carboxylic acids is 2. The lowest BCUT2D eigenvalue weighted by Gasteiger charge is -2.45. The fraction of sp³-hybridized carbons (Fsp3) is 0.267. The standard InChI is InChI=1S/C30H32N4O2/c1-33(30(36)25(31)18-23-19-32-26-15-9-8-14-24(23)26)27-16-17-28(35)34(20-21-10-4-2-5-11-21)29(27)22-12-6-3-7-13-22/h2-15,19,25,27,29,32H,16-18,20,31H2,1H3/t25?,27-,29-/m0/s1. The van der Waals surface area contributed by atoms with Gasteiger partial charge in [-0.2, -0.15) is 0 Å². The van der Waals surface area contributed by atoms with Crippen LogP contribution in [0.1, 0.15) is 35.6 Å². The number of hydrogen-bond acceptors (Lipinski definition) is 3. The number of aromatic nitrogens is 1. The first-order chi connectivity index (χ1) is 17.5. The van der Waals surface area contributed by atoms with Gasteiger partial charge in [-0.25, -0.2) is 0 Å². The highest BCUT2D eigenvalue weighted by molar-refractivity contribution is 5.86. The molecule has 4 aromatic rings. The number of para-hydroxylation sites is 1. The highest BCUT2D eigenvalue weighted by Gasteiger charge is 2.41. The van der Waals surface area contributed by atoms with E-state index in [1.807, 2.05) is 103 Å². The first kappa shape index (κ1) is 23.8. The molecule has 184 valence electrons. The van der Waals surface area contributed by atoms with E-state index in [4.69, 9.17) is 5.73 Å². The number of hydrogen-bond donors (Lipinski definition) is 2. The zero-order chi connectivity index (χ0) is 25.1. The third kappa shape index (κ3) is 4.77. The molecule has 0 aliphatic carbocycles. The summed E-state index contributed by atoms with van der Waals surface area (Å²) in [5.41, 5.74) is 10.6. The Labute approximate surface area is 211 Å². The van der Waals surface area contributed by atoms with Crippen molar-refractivity contribution >= 4 is 22.7 Å². The number of nitrogens with zero attached hydrogens (tertiary/aromatic N) is 2. The Bertz CT molecular complexity index is 1330. The largest absolute Gasteiger partial charge is 0.361 e. The molecule has 1 unspecified atom stereocenters. The second-order valence-electron chi connectivity index (χ2n) is 9.59. The molecule has 6 heteroatoms. The van der Waals surface area contributed by atoms with Gasteiger partial charge < -0.3 is 20.5 Å². The maximum Gasteiger partial charge on any atom is 0.239 e. The van der Waals surface area contributed by atoms with Crippen molar-refractivity contribution < 1.29 is 9.59 Å². The van der Waals surface area contributed by atoms with Gasteiger partial charge in [0.05, 0.1) is 18.1 Å².